The number of halogens is 1. The summed E-state index contributed by atoms with van der Waals surface area (Å²) < 4.78 is 25.9. The van der Waals surface area contributed by atoms with Crippen molar-refractivity contribution in [2.75, 3.05) is 18.1 Å². The molecule has 0 radical (unpaired) electrons. The Morgan fingerprint density at radius 1 is 1.19 bits per heavy atom. The van der Waals surface area contributed by atoms with Gasteiger partial charge in [-0.25, -0.2) is 23.1 Å². The van der Waals surface area contributed by atoms with Crippen molar-refractivity contribution >= 4 is 31.8 Å². The zero-order valence-electron chi connectivity index (χ0n) is 13.3. The van der Waals surface area contributed by atoms with Crippen molar-refractivity contribution in [1.82, 2.24) is 14.7 Å². The predicted octanol–water partition coefficient (Wildman–Crippen LogP) is 2.28. The van der Waals surface area contributed by atoms with Gasteiger partial charge < -0.3 is 5.32 Å². The molecule has 0 atom stereocenters. The van der Waals surface area contributed by atoms with Crippen molar-refractivity contribution in [3.8, 4) is 0 Å². The third kappa shape index (κ3) is 6.71. The third-order valence-electron chi connectivity index (χ3n) is 2.54. The summed E-state index contributed by atoms with van der Waals surface area (Å²) in [5.41, 5.74) is -0.784. The second-order valence-electron chi connectivity index (χ2n) is 6.76. The van der Waals surface area contributed by atoms with Crippen LogP contribution in [0.25, 0.3) is 0 Å². The first-order valence-electron chi connectivity index (χ1n) is 6.56. The maximum atomic E-state index is 11.3. The molecule has 0 saturated heterocycles. The first kappa shape index (κ1) is 18.3. The Kier molecular flexibility index (Phi) is 5.39. The minimum atomic E-state index is -3.26. The van der Waals surface area contributed by atoms with E-state index in [1.807, 2.05) is 34.6 Å². The highest BCUT2D eigenvalue weighted by Crippen LogP contribution is 2.22. The maximum Gasteiger partial charge on any atom is 0.209 e. The Bertz CT molecular complexity index is 609. The van der Waals surface area contributed by atoms with Gasteiger partial charge in [0.05, 0.1) is 6.26 Å². The molecule has 0 spiro atoms. The molecule has 8 heteroatoms. The van der Waals surface area contributed by atoms with Crippen LogP contribution >= 0.6 is 15.9 Å². The smallest absolute Gasteiger partial charge is 0.209 e. The van der Waals surface area contributed by atoms with Crippen LogP contribution in [0.3, 0.4) is 0 Å². The monoisotopic (exact) mass is 378 g/mol. The summed E-state index contributed by atoms with van der Waals surface area (Å²) >= 11 is 3.37. The van der Waals surface area contributed by atoms with Crippen LogP contribution in [-0.4, -0.2) is 36.7 Å². The number of hydrogen-bond acceptors (Lipinski definition) is 5. The third-order valence-corrected chi connectivity index (χ3v) is 3.87. The van der Waals surface area contributed by atoms with E-state index in [-0.39, 0.29) is 5.41 Å². The molecule has 0 aliphatic heterocycles. The molecular formula is C13H23BrN4O2S. The molecule has 0 amide bonds. The van der Waals surface area contributed by atoms with Crippen molar-refractivity contribution in [1.29, 1.82) is 0 Å². The van der Waals surface area contributed by atoms with E-state index in [4.69, 9.17) is 0 Å². The van der Waals surface area contributed by atoms with Gasteiger partial charge in [-0.3, -0.25) is 0 Å². The van der Waals surface area contributed by atoms with Crippen LogP contribution in [0.2, 0.25) is 0 Å². The van der Waals surface area contributed by atoms with Gasteiger partial charge in [0.25, 0.3) is 0 Å². The minimum Gasteiger partial charge on any atom is -0.368 e. The fourth-order valence-electron chi connectivity index (χ4n) is 1.69. The molecule has 1 aromatic heterocycles. The fraction of sp³-hybridized carbons (Fsp3) is 0.692. The van der Waals surface area contributed by atoms with E-state index >= 15 is 0 Å². The van der Waals surface area contributed by atoms with Gasteiger partial charge in [-0.05, 0) is 29.8 Å². The van der Waals surface area contributed by atoms with E-state index in [2.05, 4.69) is 35.9 Å². The Labute approximate surface area is 135 Å². The van der Waals surface area contributed by atoms with Crippen molar-refractivity contribution in [2.24, 2.45) is 0 Å². The van der Waals surface area contributed by atoms with Crippen LogP contribution in [0.5, 0.6) is 0 Å². The molecule has 6 nitrogen and oxygen atoms in total. The maximum absolute atomic E-state index is 11.3. The van der Waals surface area contributed by atoms with E-state index < -0.39 is 15.6 Å². The summed E-state index contributed by atoms with van der Waals surface area (Å²) in [6, 6.07) is 1.77. The van der Waals surface area contributed by atoms with Crippen LogP contribution in [-0.2, 0) is 15.4 Å². The summed E-state index contributed by atoms with van der Waals surface area (Å²) in [4.78, 5) is 8.84. The molecular weight excluding hydrogens is 356 g/mol. The number of nitrogens with one attached hydrogen (secondary N) is 2. The van der Waals surface area contributed by atoms with Gasteiger partial charge in [-0.2, -0.15) is 0 Å². The number of hydrogen-bond donors (Lipinski definition) is 2. The molecule has 1 aromatic rings. The van der Waals surface area contributed by atoms with Gasteiger partial charge >= 0.3 is 0 Å². The number of nitrogens with zero attached hydrogens (tertiary/aromatic N) is 2. The second-order valence-corrected chi connectivity index (χ2v) is 9.32. The standard InChI is InChI=1S/C13H23BrN4O2S/c1-12(2,3)11-16-9(14)7-10(17-11)15-8-13(4,5)18-21(6,19)20/h7,18H,8H2,1-6H3,(H,15,16,17). The summed E-state index contributed by atoms with van der Waals surface area (Å²) in [6.45, 7) is 10.1. The average molecular weight is 379 g/mol. The van der Waals surface area contributed by atoms with E-state index in [1.165, 1.54) is 0 Å². The molecule has 1 rings (SSSR count). The molecule has 2 N–H and O–H groups in total. The summed E-state index contributed by atoms with van der Waals surface area (Å²) in [6.07, 6.45) is 1.15. The van der Waals surface area contributed by atoms with Gasteiger partial charge in [0.1, 0.15) is 16.2 Å². The molecule has 120 valence electrons. The van der Waals surface area contributed by atoms with Gasteiger partial charge in [0.2, 0.25) is 10.0 Å². The zero-order valence-corrected chi connectivity index (χ0v) is 15.7. The van der Waals surface area contributed by atoms with Crippen LogP contribution < -0.4 is 10.0 Å². The van der Waals surface area contributed by atoms with Crippen molar-refractivity contribution in [3.05, 3.63) is 16.5 Å². The molecule has 0 saturated carbocycles. The SMILES string of the molecule is CC(C)(CNc1cc(Br)nc(C(C)(C)C)n1)NS(C)(=O)=O. The summed E-state index contributed by atoms with van der Waals surface area (Å²) in [7, 11) is -3.26. The Morgan fingerprint density at radius 2 is 1.76 bits per heavy atom. The van der Waals surface area contributed by atoms with Crippen LogP contribution in [0.1, 0.15) is 40.4 Å². The molecule has 0 aliphatic carbocycles. The zero-order chi connectivity index (χ0) is 16.5. The predicted molar refractivity (Wildman–Crippen MR) is 89.0 cm³/mol. The molecule has 21 heavy (non-hydrogen) atoms. The van der Waals surface area contributed by atoms with Crippen molar-refractivity contribution in [2.45, 2.75) is 45.6 Å². The van der Waals surface area contributed by atoms with E-state index in [0.717, 1.165) is 6.26 Å². The quantitative estimate of drug-likeness (QED) is 0.767. The molecule has 0 bridgehead atoms. The first-order valence-corrected chi connectivity index (χ1v) is 9.25. The Morgan fingerprint density at radius 3 is 2.24 bits per heavy atom. The molecule has 0 aromatic carbocycles. The molecule has 0 aliphatic rings. The van der Waals surface area contributed by atoms with E-state index in [1.54, 1.807) is 6.07 Å². The van der Waals surface area contributed by atoms with Gasteiger partial charge in [-0.1, -0.05) is 20.8 Å². The van der Waals surface area contributed by atoms with Gasteiger partial charge in [0.15, 0.2) is 0 Å². The Hall–Kier alpha value is -0.730. The Balaban J connectivity index is 2.87. The van der Waals surface area contributed by atoms with Crippen molar-refractivity contribution < 1.29 is 8.42 Å². The number of aromatic nitrogens is 2. The van der Waals surface area contributed by atoms with Crippen molar-refractivity contribution in [3.63, 3.8) is 0 Å². The topological polar surface area (TPSA) is 84.0 Å². The lowest BCUT2D eigenvalue weighted by molar-refractivity contribution is 0.475. The van der Waals surface area contributed by atoms with E-state index in [9.17, 15) is 8.42 Å². The normalized spacial score (nSPS) is 13.3. The molecule has 1 heterocycles. The highest BCUT2D eigenvalue weighted by molar-refractivity contribution is 9.10. The highest BCUT2D eigenvalue weighted by Gasteiger charge is 2.23. The second kappa shape index (κ2) is 6.18. The average Bonchev–Trinajstić information content (AvgIpc) is 2.21. The fourth-order valence-corrected chi connectivity index (χ4v) is 3.15. The summed E-state index contributed by atoms with van der Waals surface area (Å²) in [5.74, 6) is 1.37. The number of sulfonamides is 1. The van der Waals surface area contributed by atoms with Gasteiger partial charge in [-0.15, -0.1) is 0 Å². The number of anilines is 1. The molecule has 0 fully saturated rings. The first-order chi connectivity index (χ1) is 9.28. The van der Waals surface area contributed by atoms with Crippen LogP contribution in [0.4, 0.5) is 5.82 Å². The number of rotatable bonds is 5. The lowest BCUT2D eigenvalue weighted by Crippen LogP contribution is -2.47. The van der Waals surface area contributed by atoms with Crippen LogP contribution in [0, 0.1) is 0 Å². The lowest BCUT2D eigenvalue weighted by atomic mass is 9.96. The van der Waals surface area contributed by atoms with E-state index in [0.29, 0.717) is 22.8 Å². The largest absolute Gasteiger partial charge is 0.368 e. The van der Waals surface area contributed by atoms with Gasteiger partial charge in [0, 0.05) is 23.6 Å². The highest BCUT2D eigenvalue weighted by atomic mass is 79.9. The van der Waals surface area contributed by atoms with Crippen LogP contribution in [0.15, 0.2) is 10.7 Å². The summed E-state index contributed by atoms with van der Waals surface area (Å²) in [5, 5.41) is 3.15. The molecule has 0 unspecified atom stereocenters. The minimum absolute atomic E-state index is 0.166. The lowest BCUT2D eigenvalue weighted by Gasteiger charge is -2.26.